The van der Waals surface area contributed by atoms with E-state index < -0.39 is 24.8 Å². The summed E-state index contributed by atoms with van der Waals surface area (Å²) < 4.78 is 55.9. The van der Waals surface area contributed by atoms with Crippen LogP contribution in [-0.2, 0) is 20.8 Å². The lowest BCUT2D eigenvalue weighted by molar-refractivity contribution is -0.169. The molecule has 0 bridgehead atoms. The summed E-state index contributed by atoms with van der Waals surface area (Å²) in [6, 6.07) is 16.6. The molecule has 2 heterocycles. The first-order chi connectivity index (χ1) is 17.7. The second kappa shape index (κ2) is 12.7. The van der Waals surface area contributed by atoms with E-state index in [1.54, 1.807) is 4.90 Å². The molecule has 10 heteroatoms. The second-order valence-corrected chi connectivity index (χ2v) is 9.53. The highest BCUT2D eigenvalue weighted by molar-refractivity contribution is 5.76. The number of nitrogens with one attached hydrogen (secondary N) is 1. The second-order valence-electron chi connectivity index (χ2n) is 9.53. The zero-order valence-corrected chi connectivity index (χ0v) is 20.5. The molecule has 1 amide bonds. The van der Waals surface area contributed by atoms with E-state index in [1.165, 1.54) is 0 Å². The van der Waals surface area contributed by atoms with Gasteiger partial charge in [0.05, 0.1) is 44.4 Å². The van der Waals surface area contributed by atoms with E-state index in [0.29, 0.717) is 25.1 Å². The molecule has 0 aromatic heterocycles. The Morgan fingerprint density at radius 3 is 2.51 bits per heavy atom. The van der Waals surface area contributed by atoms with Crippen LogP contribution < -0.4 is 10.1 Å². The highest BCUT2D eigenvalue weighted by Crippen LogP contribution is 2.29. The van der Waals surface area contributed by atoms with Gasteiger partial charge in [0, 0.05) is 25.7 Å². The van der Waals surface area contributed by atoms with E-state index in [-0.39, 0.29) is 50.8 Å². The fourth-order valence-corrected chi connectivity index (χ4v) is 4.75. The number of hydrogen-bond acceptors (Lipinski definition) is 6. The maximum absolute atomic E-state index is 12.8. The third kappa shape index (κ3) is 8.70. The Morgan fingerprint density at radius 2 is 1.78 bits per heavy atom. The number of ether oxygens (including phenoxy) is 3. The Labute approximate surface area is 214 Å². The van der Waals surface area contributed by atoms with Crippen LogP contribution in [0.1, 0.15) is 31.2 Å². The number of aliphatic hydroxyl groups is 1. The SMILES string of the molecule is O=C(C[C@H]1CC[C@@H]2[C@H](COC[C@@H](O)CN2CCC(F)(F)F)O1)NCc1ccc(Oc2ccccc2)cc1. The van der Waals surface area contributed by atoms with Crippen LogP contribution >= 0.6 is 0 Å². The molecule has 2 saturated heterocycles. The lowest BCUT2D eigenvalue weighted by Gasteiger charge is -2.44. The molecule has 2 aromatic rings. The van der Waals surface area contributed by atoms with Crippen LogP contribution in [0.2, 0.25) is 0 Å². The predicted octanol–water partition coefficient (Wildman–Crippen LogP) is 4.05. The topological polar surface area (TPSA) is 80.3 Å². The Bertz CT molecular complexity index is 990. The summed E-state index contributed by atoms with van der Waals surface area (Å²) in [5, 5.41) is 13.0. The summed E-state index contributed by atoms with van der Waals surface area (Å²) in [4.78, 5) is 14.2. The molecule has 2 N–H and O–H groups in total. The van der Waals surface area contributed by atoms with Gasteiger partial charge >= 0.3 is 6.18 Å². The molecule has 0 saturated carbocycles. The molecule has 2 aliphatic rings. The number of amides is 1. The number of fused-ring (bicyclic) bond motifs is 1. The zero-order valence-electron chi connectivity index (χ0n) is 20.5. The summed E-state index contributed by atoms with van der Waals surface area (Å²) in [6.07, 6.45) is -5.61. The van der Waals surface area contributed by atoms with Crippen molar-refractivity contribution >= 4 is 5.91 Å². The Morgan fingerprint density at radius 1 is 1.05 bits per heavy atom. The number of alkyl halides is 3. The minimum atomic E-state index is -4.27. The summed E-state index contributed by atoms with van der Waals surface area (Å²) in [5.41, 5.74) is 0.922. The maximum Gasteiger partial charge on any atom is 0.390 e. The van der Waals surface area contributed by atoms with Gasteiger partial charge in [-0.3, -0.25) is 9.69 Å². The first-order valence-corrected chi connectivity index (χ1v) is 12.6. The molecule has 2 fully saturated rings. The third-order valence-corrected chi connectivity index (χ3v) is 6.57. The van der Waals surface area contributed by atoms with Crippen LogP contribution in [0.15, 0.2) is 54.6 Å². The predicted molar refractivity (Wildman–Crippen MR) is 130 cm³/mol. The third-order valence-electron chi connectivity index (χ3n) is 6.57. The summed E-state index contributed by atoms with van der Waals surface area (Å²) >= 11 is 0. The minimum Gasteiger partial charge on any atom is -0.457 e. The smallest absolute Gasteiger partial charge is 0.390 e. The van der Waals surface area contributed by atoms with E-state index in [0.717, 1.165) is 11.3 Å². The number of carbonyl (C=O) groups is 1. The number of para-hydroxylation sites is 1. The van der Waals surface area contributed by atoms with Gasteiger partial charge in [-0.05, 0) is 42.7 Å². The van der Waals surface area contributed by atoms with E-state index in [2.05, 4.69) is 5.32 Å². The van der Waals surface area contributed by atoms with Crippen molar-refractivity contribution in [2.24, 2.45) is 0 Å². The van der Waals surface area contributed by atoms with Crippen LogP contribution in [-0.4, -0.2) is 72.7 Å². The molecule has 37 heavy (non-hydrogen) atoms. The van der Waals surface area contributed by atoms with Gasteiger partial charge in [-0.2, -0.15) is 13.2 Å². The van der Waals surface area contributed by atoms with E-state index in [1.807, 2.05) is 54.6 Å². The lowest BCUT2D eigenvalue weighted by Crippen LogP contribution is -2.56. The van der Waals surface area contributed by atoms with Gasteiger partial charge < -0.3 is 24.6 Å². The van der Waals surface area contributed by atoms with Crippen molar-refractivity contribution in [3.63, 3.8) is 0 Å². The van der Waals surface area contributed by atoms with Crippen molar-refractivity contribution < 1.29 is 37.3 Å². The molecule has 0 unspecified atom stereocenters. The highest BCUT2D eigenvalue weighted by Gasteiger charge is 2.39. The molecule has 202 valence electrons. The van der Waals surface area contributed by atoms with E-state index in [4.69, 9.17) is 14.2 Å². The number of benzene rings is 2. The van der Waals surface area contributed by atoms with Crippen LogP contribution in [0.5, 0.6) is 11.5 Å². The molecule has 2 aromatic carbocycles. The van der Waals surface area contributed by atoms with Gasteiger partial charge in [0.15, 0.2) is 0 Å². The van der Waals surface area contributed by atoms with E-state index in [9.17, 15) is 23.1 Å². The lowest BCUT2D eigenvalue weighted by atomic mass is 9.94. The molecule has 0 aliphatic carbocycles. The Hall–Kier alpha value is -2.66. The fourth-order valence-electron chi connectivity index (χ4n) is 4.75. The molecular weight excluding hydrogens is 489 g/mol. The summed E-state index contributed by atoms with van der Waals surface area (Å²) in [7, 11) is 0. The average molecular weight is 523 g/mol. The number of aliphatic hydroxyl groups excluding tert-OH is 1. The number of nitrogens with zero attached hydrogens (tertiary/aromatic N) is 1. The van der Waals surface area contributed by atoms with Crippen molar-refractivity contribution in [2.75, 3.05) is 26.3 Å². The molecule has 4 rings (SSSR count). The first kappa shape index (κ1) is 27.4. The van der Waals surface area contributed by atoms with Gasteiger partial charge in [-0.1, -0.05) is 30.3 Å². The summed E-state index contributed by atoms with van der Waals surface area (Å²) in [6.45, 7) is 0.455. The van der Waals surface area contributed by atoms with Crippen molar-refractivity contribution in [3.8, 4) is 11.5 Å². The quantitative estimate of drug-likeness (QED) is 0.545. The molecular formula is C27H33F3N2O5. The molecule has 2 aliphatic heterocycles. The largest absolute Gasteiger partial charge is 0.457 e. The number of halogens is 3. The van der Waals surface area contributed by atoms with Crippen LogP contribution in [0.3, 0.4) is 0 Å². The Kier molecular flexibility index (Phi) is 9.42. The molecule has 0 spiro atoms. The van der Waals surface area contributed by atoms with Crippen molar-refractivity contribution in [3.05, 3.63) is 60.2 Å². The zero-order chi connectivity index (χ0) is 26.3. The van der Waals surface area contributed by atoms with Gasteiger partial charge in [-0.25, -0.2) is 0 Å². The van der Waals surface area contributed by atoms with Gasteiger partial charge in [-0.15, -0.1) is 0 Å². The maximum atomic E-state index is 12.8. The van der Waals surface area contributed by atoms with Crippen molar-refractivity contribution in [2.45, 2.75) is 62.8 Å². The average Bonchev–Trinajstić information content (AvgIpc) is 2.85. The van der Waals surface area contributed by atoms with Crippen LogP contribution in [0, 0.1) is 0 Å². The Balaban J connectivity index is 1.25. The van der Waals surface area contributed by atoms with E-state index >= 15 is 0 Å². The molecule has 7 nitrogen and oxygen atoms in total. The normalized spacial score (nSPS) is 25.0. The highest BCUT2D eigenvalue weighted by atomic mass is 19.4. The number of β-amino-alcohol motifs (C(OH)–C–C–N with tert-alkyl or cyclic N) is 1. The van der Waals surface area contributed by atoms with Crippen LogP contribution in [0.4, 0.5) is 13.2 Å². The standard InChI is InChI=1S/C27H33F3N2O5/c28-27(29,30)12-13-32-16-20(33)17-35-18-25-24(32)11-10-23(37-25)14-26(34)31-15-19-6-8-22(9-7-19)36-21-4-2-1-3-5-21/h1-9,20,23-25,33H,10-18H2,(H,31,34)/t20-,23+,24+,25-/m0/s1. The van der Waals surface area contributed by atoms with Gasteiger partial charge in [0.1, 0.15) is 11.5 Å². The number of rotatable bonds is 8. The molecule has 0 radical (unpaired) electrons. The minimum absolute atomic E-state index is 0.0371. The van der Waals surface area contributed by atoms with Gasteiger partial charge in [0.2, 0.25) is 5.91 Å². The fraction of sp³-hybridized carbons (Fsp3) is 0.519. The van der Waals surface area contributed by atoms with Crippen molar-refractivity contribution in [1.82, 2.24) is 10.2 Å². The van der Waals surface area contributed by atoms with Crippen LogP contribution in [0.25, 0.3) is 0 Å². The number of carbonyl (C=O) groups excluding carboxylic acids is 1. The van der Waals surface area contributed by atoms with Gasteiger partial charge in [0.25, 0.3) is 0 Å². The monoisotopic (exact) mass is 522 g/mol. The first-order valence-electron chi connectivity index (χ1n) is 12.6. The van der Waals surface area contributed by atoms with Crippen molar-refractivity contribution in [1.29, 1.82) is 0 Å². The molecule has 4 atom stereocenters. The number of hydrogen-bond donors (Lipinski definition) is 2. The summed E-state index contributed by atoms with van der Waals surface area (Å²) in [5.74, 6) is 1.28.